The Morgan fingerprint density at radius 3 is 2.55 bits per heavy atom. The molecule has 5 nitrogen and oxygen atoms in total. The van der Waals surface area contributed by atoms with Crippen LogP contribution >= 0.6 is 23.5 Å². The number of methoxy groups -OCH3 is 1. The highest BCUT2D eigenvalue weighted by Crippen LogP contribution is 2.60. The van der Waals surface area contributed by atoms with Gasteiger partial charge >= 0.3 is 13.3 Å². The molecule has 0 radical (unpaired) electrons. The third-order valence-electron chi connectivity index (χ3n) is 2.65. The van der Waals surface area contributed by atoms with Gasteiger partial charge in [0, 0.05) is 21.5 Å². The number of halogens is 3. The Balaban J connectivity index is 2.71. The molecule has 1 heterocycles. The van der Waals surface area contributed by atoms with Gasteiger partial charge in [0.15, 0.2) is 0 Å². The molecule has 0 aliphatic carbocycles. The minimum atomic E-state index is -5.64. The van der Waals surface area contributed by atoms with Crippen LogP contribution in [0.2, 0.25) is 0 Å². The van der Waals surface area contributed by atoms with Crippen molar-refractivity contribution in [3.8, 4) is 5.88 Å². The van der Waals surface area contributed by atoms with E-state index in [4.69, 9.17) is 14.5 Å². The smallest absolute Gasteiger partial charge is 0.399 e. The van der Waals surface area contributed by atoms with Crippen molar-refractivity contribution in [1.82, 2.24) is 4.98 Å². The molecular formula is C11H9BrF2NO4P. The molecule has 20 heavy (non-hydrogen) atoms. The number of aromatic nitrogens is 1. The third-order valence-corrected chi connectivity index (χ3v) is 4.28. The summed E-state index contributed by atoms with van der Waals surface area (Å²) in [5, 5.41) is 0.530. The van der Waals surface area contributed by atoms with Gasteiger partial charge in [0.1, 0.15) is 0 Å². The van der Waals surface area contributed by atoms with E-state index >= 15 is 0 Å². The van der Waals surface area contributed by atoms with E-state index in [0.717, 1.165) is 6.07 Å². The molecule has 0 saturated carbocycles. The second-order valence-electron chi connectivity index (χ2n) is 3.96. The average molecular weight is 368 g/mol. The van der Waals surface area contributed by atoms with Crippen molar-refractivity contribution in [3.63, 3.8) is 0 Å². The summed E-state index contributed by atoms with van der Waals surface area (Å²) in [5.74, 6) is 0.213. The van der Waals surface area contributed by atoms with E-state index in [-0.39, 0.29) is 15.9 Å². The summed E-state index contributed by atoms with van der Waals surface area (Å²) in [7, 11) is -4.26. The largest absolute Gasteiger partial charge is 0.481 e. The van der Waals surface area contributed by atoms with Gasteiger partial charge in [0.2, 0.25) is 5.88 Å². The third kappa shape index (κ3) is 2.56. The summed E-state index contributed by atoms with van der Waals surface area (Å²) in [4.78, 5) is 21.5. The second kappa shape index (κ2) is 5.04. The first kappa shape index (κ1) is 15.3. The summed E-state index contributed by atoms with van der Waals surface area (Å²) in [6.45, 7) is 0. The Hall–Kier alpha value is -1.08. The van der Waals surface area contributed by atoms with Crippen LogP contribution in [0.1, 0.15) is 5.56 Å². The number of nitrogens with zero attached hydrogens (tertiary/aromatic N) is 1. The first-order valence-electron chi connectivity index (χ1n) is 5.25. The van der Waals surface area contributed by atoms with Crippen LogP contribution in [0.15, 0.2) is 28.7 Å². The molecule has 0 aliphatic rings. The van der Waals surface area contributed by atoms with Crippen molar-refractivity contribution in [1.29, 1.82) is 0 Å². The molecule has 0 unspecified atom stereocenters. The van der Waals surface area contributed by atoms with Crippen molar-refractivity contribution in [2.24, 2.45) is 0 Å². The van der Waals surface area contributed by atoms with Crippen molar-refractivity contribution in [2.75, 3.05) is 7.11 Å². The Morgan fingerprint density at radius 2 is 2.00 bits per heavy atom. The molecule has 0 saturated heterocycles. The maximum Gasteiger partial charge on any atom is 0.399 e. The number of hydrogen-bond acceptors (Lipinski definition) is 3. The quantitative estimate of drug-likeness (QED) is 0.814. The van der Waals surface area contributed by atoms with Crippen LogP contribution in [-0.4, -0.2) is 21.9 Å². The molecule has 1 aromatic carbocycles. The predicted octanol–water partition coefficient (Wildman–Crippen LogP) is 3.23. The van der Waals surface area contributed by atoms with Crippen molar-refractivity contribution >= 4 is 34.4 Å². The lowest BCUT2D eigenvalue weighted by atomic mass is 10.1. The summed E-state index contributed by atoms with van der Waals surface area (Å²) >= 11 is 2.90. The monoisotopic (exact) mass is 367 g/mol. The fraction of sp³-hybridized carbons (Fsp3) is 0.182. The molecule has 108 valence electrons. The highest BCUT2D eigenvalue weighted by Gasteiger charge is 2.51. The predicted molar refractivity (Wildman–Crippen MR) is 71.9 cm³/mol. The maximum atomic E-state index is 13.8. The molecule has 2 N–H and O–H groups in total. The lowest BCUT2D eigenvalue weighted by molar-refractivity contribution is 0.0558. The Morgan fingerprint density at radius 1 is 1.35 bits per heavy atom. The number of alkyl halides is 2. The van der Waals surface area contributed by atoms with Crippen molar-refractivity contribution in [3.05, 3.63) is 34.3 Å². The van der Waals surface area contributed by atoms with Gasteiger partial charge < -0.3 is 14.5 Å². The van der Waals surface area contributed by atoms with Gasteiger partial charge in [-0.3, -0.25) is 4.57 Å². The van der Waals surface area contributed by atoms with Crippen LogP contribution in [0, 0.1) is 0 Å². The minimum absolute atomic E-state index is 0.106. The summed E-state index contributed by atoms with van der Waals surface area (Å²) < 4.78 is 43.3. The molecule has 0 atom stereocenters. The molecule has 0 spiro atoms. The van der Waals surface area contributed by atoms with Gasteiger partial charge in [-0.05, 0) is 18.2 Å². The van der Waals surface area contributed by atoms with E-state index in [1.165, 1.54) is 13.2 Å². The Kier molecular flexibility index (Phi) is 3.85. The van der Waals surface area contributed by atoms with Gasteiger partial charge in [-0.2, -0.15) is 8.78 Å². The van der Waals surface area contributed by atoms with E-state index in [1.54, 1.807) is 12.1 Å². The van der Waals surface area contributed by atoms with Crippen LogP contribution < -0.4 is 4.74 Å². The van der Waals surface area contributed by atoms with Crippen molar-refractivity contribution in [2.45, 2.75) is 5.66 Å². The number of fused-ring (bicyclic) bond motifs is 1. The molecule has 2 aromatic rings. The molecule has 0 aliphatic heterocycles. The minimum Gasteiger partial charge on any atom is -0.481 e. The molecule has 0 fully saturated rings. The van der Waals surface area contributed by atoms with Crippen LogP contribution in [0.25, 0.3) is 10.9 Å². The van der Waals surface area contributed by atoms with E-state index in [1.807, 2.05) is 0 Å². The molecule has 9 heteroatoms. The fourth-order valence-electron chi connectivity index (χ4n) is 1.63. The SMILES string of the molecule is COc1ccc2cc(Br)c(C(F)(F)P(=O)(O)O)cc2n1. The summed E-state index contributed by atoms with van der Waals surface area (Å²) in [5.41, 5.74) is -4.97. The number of hydrogen-bond donors (Lipinski definition) is 2. The number of pyridine rings is 1. The van der Waals surface area contributed by atoms with Crippen molar-refractivity contribution < 1.29 is 27.9 Å². The zero-order chi connectivity index (χ0) is 15.1. The number of ether oxygens (including phenoxy) is 1. The maximum absolute atomic E-state index is 13.8. The lowest BCUT2D eigenvalue weighted by Crippen LogP contribution is -2.14. The van der Waals surface area contributed by atoms with Gasteiger partial charge in [-0.1, -0.05) is 15.9 Å². The van der Waals surface area contributed by atoms with Crippen LogP contribution in [-0.2, 0) is 10.2 Å². The summed E-state index contributed by atoms with van der Waals surface area (Å²) in [6.07, 6.45) is 0. The van der Waals surface area contributed by atoms with Crippen LogP contribution in [0.3, 0.4) is 0 Å². The van der Waals surface area contributed by atoms with Gasteiger partial charge in [-0.15, -0.1) is 0 Å². The Labute approximate surface area is 120 Å². The van der Waals surface area contributed by atoms with E-state index < -0.39 is 18.8 Å². The first-order valence-corrected chi connectivity index (χ1v) is 7.65. The van der Waals surface area contributed by atoms with Crippen LogP contribution in [0.5, 0.6) is 5.88 Å². The van der Waals surface area contributed by atoms with Crippen LogP contribution in [0.4, 0.5) is 8.78 Å². The van der Waals surface area contributed by atoms with Gasteiger partial charge in [0.05, 0.1) is 12.6 Å². The lowest BCUT2D eigenvalue weighted by Gasteiger charge is -2.19. The highest BCUT2D eigenvalue weighted by atomic mass is 79.9. The summed E-state index contributed by atoms with van der Waals surface area (Å²) in [6, 6.07) is 5.41. The average Bonchev–Trinajstić information content (AvgIpc) is 2.35. The highest BCUT2D eigenvalue weighted by molar-refractivity contribution is 9.10. The Bertz CT molecular complexity index is 719. The first-order chi connectivity index (χ1) is 9.16. The number of benzene rings is 1. The van der Waals surface area contributed by atoms with E-state index in [2.05, 4.69) is 20.9 Å². The molecule has 1 aromatic heterocycles. The normalized spacial score (nSPS) is 12.7. The standard InChI is InChI=1S/C11H9BrF2NO4P/c1-19-10-3-2-6-4-8(12)7(5-9(6)15-10)11(13,14)20(16,17)18/h2-5H,1H3,(H2,16,17,18). The van der Waals surface area contributed by atoms with Gasteiger partial charge in [0.25, 0.3) is 0 Å². The number of rotatable bonds is 3. The van der Waals surface area contributed by atoms with E-state index in [0.29, 0.717) is 5.39 Å². The molecular weight excluding hydrogens is 359 g/mol. The van der Waals surface area contributed by atoms with E-state index in [9.17, 15) is 13.3 Å². The second-order valence-corrected chi connectivity index (χ2v) is 6.47. The molecule has 0 bridgehead atoms. The molecule has 0 amide bonds. The zero-order valence-electron chi connectivity index (χ0n) is 10.0. The zero-order valence-corrected chi connectivity index (χ0v) is 12.5. The van der Waals surface area contributed by atoms with Gasteiger partial charge in [-0.25, -0.2) is 4.98 Å². The fourth-order valence-corrected chi connectivity index (χ4v) is 2.89. The topological polar surface area (TPSA) is 79.7 Å². The molecule has 2 rings (SSSR count).